The maximum absolute atomic E-state index is 2.36. The fourth-order valence-electron chi connectivity index (χ4n) is 7.57. The van der Waals surface area contributed by atoms with E-state index < -0.39 is 0 Å². The molecule has 0 bridgehead atoms. The van der Waals surface area contributed by atoms with Crippen LogP contribution >= 0.6 is 0 Å². The Morgan fingerprint density at radius 3 is 1.20 bits per heavy atom. The van der Waals surface area contributed by atoms with Crippen LogP contribution < -0.4 is 4.90 Å². The van der Waals surface area contributed by atoms with Crippen molar-refractivity contribution >= 4 is 70.3 Å². The maximum atomic E-state index is 2.36. The molecule has 0 radical (unpaired) electrons. The first-order valence-corrected chi connectivity index (χ1v) is 15.7. The molecule has 2 nitrogen and oxygen atoms in total. The second kappa shape index (κ2) is 10.5. The van der Waals surface area contributed by atoms with Gasteiger partial charge in [-0.3, -0.25) is 0 Å². The van der Waals surface area contributed by atoms with Crippen molar-refractivity contribution in [3.05, 3.63) is 127 Å². The molecule has 0 N–H and O–H groups in total. The zero-order valence-corrected chi connectivity index (χ0v) is 26.5. The molecule has 0 amide bonds. The third-order valence-corrected chi connectivity index (χ3v) is 9.11. The number of fused-ring (bicyclic) bond motifs is 6. The van der Waals surface area contributed by atoms with Crippen LogP contribution in [0.3, 0.4) is 0 Å². The Kier molecular flexibility index (Phi) is 6.37. The van der Waals surface area contributed by atoms with Gasteiger partial charge in [0.25, 0.3) is 0 Å². The van der Waals surface area contributed by atoms with Crippen LogP contribution in [0, 0.1) is 0 Å². The Morgan fingerprint density at radius 1 is 0.333 bits per heavy atom. The molecule has 0 aliphatic heterocycles. The monoisotopic (exact) mass is 580 g/mol. The Balaban J connectivity index is 0.000000712. The highest BCUT2D eigenvalue weighted by molar-refractivity contribution is 6.46. The van der Waals surface area contributed by atoms with Crippen LogP contribution in [-0.2, 0) is 0 Å². The van der Waals surface area contributed by atoms with E-state index in [1.165, 1.54) is 92.6 Å². The van der Waals surface area contributed by atoms with E-state index >= 15 is 0 Å². The maximum Gasteiger partial charge on any atom is 0.0441 e. The van der Waals surface area contributed by atoms with E-state index in [4.69, 9.17) is 0 Å². The second-order valence-corrected chi connectivity index (χ2v) is 12.8. The molecule has 9 aromatic carbocycles. The largest absolute Gasteiger partial charge is 0.377 e. The number of hydrogen-bond donors (Lipinski definition) is 0. The van der Waals surface area contributed by atoms with Crippen LogP contribution in [0.25, 0.3) is 86.9 Å². The zero-order chi connectivity index (χ0) is 30.8. The molecule has 0 saturated carbocycles. The zero-order valence-electron chi connectivity index (χ0n) is 26.5. The van der Waals surface area contributed by atoms with Crippen molar-refractivity contribution in [3.8, 4) is 22.3 Å². The predicted octanol–water partition coefficient (Wildman–Crippen LogP) is 11.1. The molecule has 9 aromatic rings. The molecule has 45 heavy (non-hydrogen) atoms. The normalized spacial score (nSPS) is 11.9. The lowest BCUT2D eigenvalue weighted by atomic mass is 9.87. The van der Waals surface area contributed by atoms with Crippen molar-refractivity contribution in [2.24, 2.45) is 0 Å². The van der Waals surface area contributed by atoms with Crippen molar-refractivity contribution in [2.75, 3.05) is 40.1 Å². The van der Waals surface area contributed by atoms with Crippen LogP contribution in [0.2, 0.25) is 0 Å². The number of benzene rings is 7. The highest BCUT2D eigenvalue weighted by atomic mass is 15.1. The lowest BCUT2D eigenvalue weighted by molar-refractivity contribution is 0.505. The van der Waals surface area contributed by atoms with Gasteiger partial charge in [0.1, 0.15) is 0 Å². The lowest BCUT2D eigenvalue weighted by Gasteiger charge is -2.16. The van der Waals surface area contributed by atoms with Gasteiger partial charge in [0.05, 0.1) is 0 Å². The summed E-state index contributed by atoms with van der Waals surface area (Å²) in [6, 6.07) is 47.2. The molecule has 9 rings (SSSR count). The minimum absolute atomic E-state index is 1.25. The molecule has 218 valence electrons. The topological polar surface area (TPSA) is 6.48 Å². The van der Waals surface area contributed by atoms with E-state index in [9.17, 15) is 0 Å². The number of anilines is 1. The standard InChI is InChI=1S/C40H27N.C3H9N/c1-41(2)32-23-22-31-36-27(32)18-11-21-30(36)39-34(25-12-5-3-6-13-25)37-28-19-9-16-24-17-10-20-29(33(24)28)38(37)35(40(31)39)26-14-7-4-8-15-26;1-4(2)3/h3-23H,1-2H3;1-3H3. The van der Waals surface area contributed by atoms with Crippen LogP contribution in [0.15, 0.2) is 127 Å². The predicted molar refractivity (Wildman–Crippen MR) is 199 cm³/mol. The Bertz CT molecular complexity index is 2340. The van der Waals surface area contributed by atoms with E-state index in [2.05, 4.69) is 146 Å². The van der Waals surface area contributed by atoms with Crippen LogP contribution in [0.5, 0.6) is 0 Å². The van der Waals surface area contributed by atoms with Gasteiger partial charge in [-0.05, 0) is 109 Å². The fraction of sp³-hybridized carbons (Fsp3) is 0.116. The summed E-state index contributed by atoms with van der Waals surface area (Å²) in [5.74, 6) is 0. The Labute approximate surface area is 264 Å². The van der Waals surface area contributed by atoms with Gasteiger partial charge >= 0.3 is 0 Å². The van der Waals surface area contributed by atoms with Crippen molar-refractivity contribution in [1.82, 2.24) is 4.90 Å². The summed E-state index contributed by atoms with van der Waals surface area (Å²) < 4.78 is 0. The summed E-state index contributed by atoms with van der Waals surface area (Å²) in [5.41, 5.74) is 6.47. The van der Waals surface area contributed by atoms with E-state index in [-0.39, 0.29) is 0 Å². The highest BCUT2D eigenvalue weighted by Gasteiger charge is 2.27. The molecule has 0 heterocycles. The quantitative estimate of drug-likeness (QED) is 0.205. The van der Waals surface area contributed by atoms with Gasteiger partial charge in [0, 0.05) is 25.2 Å². The molecule has 2 heteroatoms. The van der Waals surface area contributed by atoms with Gasteiger partial charge in [-0.25, -0.2) is 0 Å². The first kappa shape index (κ1) is 27.4. The summed E-state index contributed by atoms with van der Waals surface area (Å²) in [5, 5.41) is 16.1. The SMILES string of the molecule is CN(C)C.CN(C)c1ccc2c3c(-c4ccccc4)c4c5cccc6cccc(c4c(-c4ccccc4)c3c3cccc1c32)c65. The van der Waals surface area contributed by atoms with Crippen LogP contribution in [0.4, 0.5) is 5.69 Å². The molecular weight excluding hydrogens is 544 g/mol. The third kappa shape index (κ3) is 4.06. The van der Waals surface area contributed by atoms with Crippen molar-refractivity contribution in [2.45, 2.75) is 0 Å². The third-order valence-electron chi connectivity index (χ3n) is 9.11. The molecule has 0 atom stereocenters. The molecule has 0 unspecified atom stereocenters. The van der Waals surface area contributed by atoms with E-state index in [1.807, 2.05) is 26.0 Å². The van der Waals surface area contributed by atoms with Gasteiger partial charge in [0.2, 0.25) is 0 Å². The summed E-state index contributed by atoms with van der Waals surface area (Å²) in [6.45, 7) is 0. The molecule has 0 aliphatic carbocycles. The number of rotatable bonds is 3. The van der Waals surface area contributed by atoms with E-state index in [1.54, 1.807) is 0 Å². The molecule has 0 saturated heterocycles. The number of nitrogens with zero attached hydrogens (tertiary/aromatic N) is 2. The van der Waals surface area contributed by atoms with E-state index in [0.29, 0.717) is 0 Å². The molecule has 0 fully saturated rings. The lowest BCUT2D eigenvalue weighted by Crippen LogP contribution is -2.08. The average molecular weight is 581 g/mol. The minimum atomic E-state index is 1.25. The van der Waals surface area contributed by atoms with E-state index in [0.717, 1.165) is 0 Å². The first-order chi connectivity index (χ1) is 22.0. The molecule has 0 aromatic heterocycles. The van der Waals surface area contributed by atoms with Crippen molar-refractivity contribution in [1.29, 1.82) is 0 Å². The Hall–Kier alpha value is -5.18. The summed E-state index contributed by atoms with van der Waals surface area (Å²) in [4.78, 5) is 4.24. The fourth-order valence-corrected chi connectivity index (χ4v) is 7.57. The first-order valence-electron chi connectivity index (χ1n) is 15.7. The van der Waals surface area contributed by atoms with Gasteiger partial charge in [-0.2, -0.15) is 0 Å². The molecule has 0 spiro atoms. The minimum Gasteiger partial charge on any atom is -0.377 e. The summed E-state index contributed by atoms with van der Waals surface area (Å²) in [7, 11) is 10.3. The molecular formula is C43H36N2. The smallest absolute Gasteiger partial charge is 0.0441 e. The summed E-state index contributed by atoms with van der Waals surface area (Å²) in [6.07, 6.45) is 0. The average Bonchev–Trinajstić information content (AvgIpc) is 3.56. The molecule has 0 aliphatic rings. The van der Waals surface area contributed by atoms with Gasteiger partial charge in [-0.1, -0.05) is 121 Å². The second-order valence-electron chi connectivity index (χ2n) is 12.8. The highest BCUT2D eigenvalue weighted by Crippen LogP contribution is 2.55. The van der Waals surface area contributed by atoms with Crippen LogP contribution in [0.1, 0.15) is 0 Å². The van der Waals surface area contributed by atoms with Crippen LogP contribution in [-0.4, -0.2) is 40.1 Å². The summed E-state index contributed by atoms with van der Waals surface area (Å²) >= 11 is 0. The van der Waals surface area contributed by atoms with Crippen molar-refractivity contribution < 1.29 is 0 Å². The van der Waals surface area contributed by atoms with Gasteiger partial charge in [-0.15, -0.1) is 0 Å². The van der Waals surface area contributed by atoms with Gasteiger partial charge in [0.15, 0.2) is 0 Å². The van der Waals surface area contributed by atoms with Crippen molar-refractivity contribution in [3.63, 3.8) is 0 Å². The number of hydrogen-bond acceptors (Lipinski definition) is 2. The van der Waals surface area contributed by atoms with Gasteiger partial charge < -0.3 is 9.80 Å². The Morgan fingerprint density at radius 2 is 0.733 bits per heavy atom.